The Morgan fingerprint density at radius 2 is 0.713 bits per heavy atom. The van der Waals surface area contributed by atoms with Crippen molar-refractivity contribution < 1.29 is 89.9 Å². The molecule has 0 fully saturated rings. The number of carboxylic acids is 2. The SMILES string of the molecule is C=C/C=C\[C@H](C)C(OC(N)=O)C(C)C(O)C(C)C/C(C)=C\[C@H](C)[C@@H](O)[C@@H](C)/C=C\[C@@H](O)C[C@H](O)C(C)C(O)C(C)C(=O)[O-].C=C/C=C\[C@H](C)C(OC(N)=O)C(C)C(O)C(C)C/C(C)=C\[C@H](C)[C@@H](O)[C@@H](C)/C=C\[C@@H](O)C[C@H](O)C(C)C(O)C(C)C(=O)[O-].[Mg+2]. The molecule has 0 spiro atoms. The molecule has 0 aromatic carbocycles. The fourth-order valence-corrected chi connectivity index (χ4v) is 10.8. The first-order chi connectivity index (χ1) is 39.7. The van der Waals surface area contributed by atoms with E-state index in [1.807, 2.05) is 93.5 Å². The Morgan fingerprint density at radius 3 is 0.966 bits per heavy atom. The maximum Gasteiger partial charge on any atom is 2.00 e. The molecule has 14 N–H and O–H groups in total. The molecule has 0 saturated carbocycles. The van der Waals surface area contributed by atoms with Crippen molar-refractivity contribution in [2.45, 2.75) is 210 Å². The van der Waals surface area contributed by atoms with E-state index >= 15 is 0 Å². The number of rotatable bonds is 40. The summed E-state index contributed by atoms with van der Waals surface area (Å²) < 4.78 is 10.7. The Labute approximate surface area is 535 Å². The quantitative estimate of drug-likeness (QED) is 0.0227. The van der Waals surface area contributed by atoms with E-state index in [2.05, 4.69) is 13.2 Å². The van der Waals surface area contributed by atoms with Gasteiger partial charge in [0.25, 0.3) is 0 Å². The third-order valence-electron chi connectivity index (χ3n) is 16.8. The van der Waals surface area contributed by atoms with Gasteiger partial charge >= 0.3 is 35.2 Å². The number of ether oxygens (including phenoxy) is 2. The molecular weight excluding hydrogens is 1130 g/mol. The summed E-state index contributed by atoms with van der Waals surface area (Å²) in [5.74, 6) is -9.49. The standard InChI is InChI=1S/2C33H57NO9.Mg/c2*1-10-11-12-20(4)31(43-33(34)42)24(8)29(38)22(6)16-18(2)15-21(5)28(37)19(3)13-14-26(35)17-27(36)23(7)30(39)25(9)32(40)41;/h2*10-15,19-31,35-39H,1,16-17H2,2-9H3,(H2,34,42)(H,40,41);/q;;+2/p-2/b2*12-11-,14-13-,18-15-;/t2*19-,20-,21-,22?,23?,24?,25?,26+,27-,28-,29?,30?,31?;/m00./s1. The van der Waals surface area contributed by atoms with Gasteiger partial charge in [-0.2, -0.15) is 0 Å². The van der Waals surface area contributed by atoms with E-state index in [4.69, 9.17) is 20.9 Å². The molecule has 20 nitrogen and oxygen atoms in total. The van der Waals surface area contributed by atoms with Crippen molar-refractivity contribution in [1.82, 2.24) is 0 Å². The summed E-state index contributed by atoms with van der Waals surface area (Å²) in [4.78, 5) is 45.0. The normalized spacial score (nSPS) is 21.7. The van der Waals surface area contributed by atoms with Crippen LogP contribution < -0.4 is 21.7 Å². The van der Waals surface area contributed by atoms with Crippen molar-refractivity contribution >= 4 is 47.2 Å². The van der Waals surface area contributed by atoms with E-state index in [1.165, 1.54) is 39.8 Å². The smallest absolute Gasteiger partial charge is 0.550 e. The van der Waals surface area contributed by atoms with Gasteiger partial charge in [0.2, 0.25) is 0 Å². The summed E-state index contributed by atoms with van der Waals surface area (Å²) in [5, 5.41) is 128. The first kappa shape index (κ1) is 87.0. The molecule has 0 radical (unpaired) electrons. The largest absolute Gasteiger partial charge is 2.00 e. The molecule has 0 aliphatic heterocycles. The first-order valence-electron chi connectivity index (χ1n) is 30.1. The van der Waals surface area contributed by atoms with Crippen LogP contribution in [0.3, 0.4) is 0 Å². The number of allylic oxidation sites excluding steroid dienone is 6. The number of carbonyl (C=O) groups is 4. The average molecular weight is 1250 g/mol. The summed E-state index contributed by atoms with van der Waals surface area (Å²) in [7, 11) is 0. The fourth-order valence-electron chi connectivity index (χ4n) is 10.8. The molecule has 496 valence electrons. The zero-order chi connectivity index (χ0) is 67.2. The molecule has 14 unspecified atom stereocenters. The van der Waals surface area contributed by atoms with E-state index in [0.29, 0.717) is 12.8 Å². The minimum absolute atomic E-state index is 0. The Kier molecular flexibility index (Phi) is 44.3. The molecule has 2 amide bonds. The minimum atomic E-state index is -1.42. The zero-order valence-electron chi connectivity index (χ0n) is 54.8. The van der Waals surface area contributed by atoms with E-state index in [9.17, 15) is 80.5 Å². The van der Waals surface area contributed by atoms with Gasteiger partial charge in [-0.15, -0.1) is 0 Å². The van der Waals surface area contributed by atoms with Gasteiger partial charge in [-0.3, -0.25) is 0 Å². The number of aliphatic hydroxyl groups excluding tert-OH is 10. The first-order valence-corrected chi connectivity index (χ1v) is 30.1. The van der Waals surface area contributed by atoms with Gasteiger partial charge in [-0.25, -0.2) is 9.59 Å². The summed E-state index contributed by atoms with van der Waals surface area (Å²) in [5.41, 5.74) is 12.5. The number of nitrogens with two attached hydrogens (primary N) is 2. The molecule has 0 rings (SSSR count). The predicted molar refractivity (Wildman–Crippen MR) is 336 cm³/mol. The van der Waals surface area contributed by atoms with E-state index in [0.717, 1.165) is 11.1 Å². The van der Waals surface area contributed by atoms with Crippen LogP contribution in [0.4, 0.5) is 9.59 Å². The predicted octanol–water partition coefficient (Wildman–Crippen LogP) is 4.58. The van der Waals surface area contributed by atoms with Gasteiger partial charge in [-0.1, -0.05) is 194 Å². The molecule has 0 aliphatic rings. The van der Waals surface area contributed by atoms with Crippen LogP contribution in [0.25, 0.3) is 0 Å². The molecule has 87 heavy (non-hydrogen) atoms. The molecule has 0 aromatic rings. The van der Waals surface area contributed by atoms with Gasteiger partial charge in [0, 0.05) is 95.8 Å². The summed E-state index contributed by atoms with van der Waals surface area (Å²) in [6.45, 7) is 35.3. The molecule has 0 saturated heterocycles. The van der Waals surface area contributed by atoms with Crippen molar-refractivity contribution in [3.8, 4) is 0 Å². The summed E-state index contributed by atoms with van der Waals surface area (Å²) in [6.07, 6.45) is 8.13. The summed E-state index contributed by atoms with van der Waals surface area (Å²) >= 11 is 0. The number of hydrogen-bond acceptors (Lipinski definition) is 18. The van der Waals surface area contributed by atoms with Crippen LogP contribution >= 0.6 is 0 Å². The third-order valence-corrected chi connectivity index (χ3v) is 16.8. The van der Waals surface area contributed by atoms with Crippen molar-refractivity contribution in [2.75, 3.05) is 0 Å². The van der Waals surface area contributed by atoms with Crippen LogP contribution in [0.2, 0.25) is 0 Å². The van der Waals surface area contributed by atoms with Crippen molar-refractivity contribution in [3.63, 3.8) is 0 Å². The molecular formula is C66H112MgN2O18. The van der Waals surface area contributed by atoms with Crippen LogP contribution in [-0.2, 0) is 19.1 Å². The number of aliphatic carboxylic acids is 2. The number of hydrogen-bond donors (Lipinski definition) is 12. The minimum Gasteiger partial charge on any atom is -0.550 e. The molecule has 21 heteroatoms. The van der Waals surface area contributed by atoms with Crippen molar-refractivity contribution in [3.05, 3.63) is 97.2 Å². The van der Waals surface area contributed by atoms with Gasteiger partial charge < -0.3 is 91.8 Å². The van der Waals surface area contributed by atoms with Gasteiger partial charge in [0.15, 0.2) is 0 Å². The van der Waals surface area contributed by atoms with Gasteiger partial charge in [-0.05, 0) is 38.5 Å². The van der Waals surface area contributed by atoms with Crippen molar-refractivity contribution in [2.24, 2.45) is 94.3 Å². The maximum atomic E-state index is 11.5. The molecule has 0 bridgehead atoms. The van der Waals surface area contributed by atoms with E-state index in [1.54, 1.807) is 50.3 Å². The topological polar surface area (TPSA) is 387 Å². The van der Waals surface area contributed by atoms with Gasteiger partial charge in [0.05, 0.1) is 61.0 Å². The van der Waals surface area contributed by atoms with Crippen molar-refractivity contribution in [1.29, 1.82) is 0 Å². The Bertz CT molecular complexity index is 2060. The van der Waals surface area contributed by atoms with Crippen LogP contribution in [0.15, 0.2) is 97.2 Å². The van der Waals surface area contributed by atoms with Crippen LogP contribution in [0.5, 0.6) is 0 Å². The fraction of sp³-hybridized carbons (Fsp3) is 0.697. The Hall–Kier alpha value is -4.23. The number of carbonyl (C=O) groups excluding carboxylic acids is 4. The number of amides is 2. The van der Waals surface area contributed by atoms with Crippen LogP contribution in [0, 0.1) is 82.9 Å². The zero-order valence-corrected chi connectivity index (χ0v) is 56.2. The van der Waals surface area contributed by atoms with Crippen LogP contribution in [0.1, 0.15) is 136 Å². The Morgan fingerprint density at radius 1 is 0.425 bits per heavy atom. The number of carboxylic acid groups (broad SMARTS) is 2. The molecule has 0 aromatic heterocycles. The molecule has 0 heterocycles. The second-order valence-corrected chi connectivity index (χ2v) is 24.7. The molecule has 0 aliphatic carbocycles. The Balaban J connectivity index is -0.00000160. The second kappa shape index (κ2) is 44.3. The third kappa shape index (κ3) is 32.9. The monoisotopic (exact) mass is 1240 g/mol. The second-order valence-electron chi connectivity index (χ2n) is 24.7. The van der Waals surface area contributed by atoms with Crippen LogP contribution in [-0.4, -0.2) is 171 Å². The van der Waals surface area contributed by atoms with E-state index in [-0.39, 0.29) is 83.2 Å². The van der Waals surface area contributed by atoms with E-state index < -0.39 is 133 Å². The average Bonchev–Trinajstić information content (AvgIpc) is 3.63. The summed E-state index contributed by atoms with van der Waals surface area (Å²) in [6, 6.07) is 0. The maximum absolute atomic E-state index is 11.5. The molecule has 26 atom stereocenters. The number of primary amides is 2. The van der Waals surface area contributed by atoms with Gasteiger partial charge in [0.1, 0.15) is 12.2 Å². The number of aliphatic hydroxyl groups is 10.